The lowest BCUT2D eigenvalue weighted by molar-refractivity contribution is 0.0951. The van der Waals surface area contributed by atoms with Gasteiger partial charge in [-0.25, -0.2) is 4.39 Å². The highest BCUT2D eigenvalue weighted by Gasteiger charge is 2.10. The van der Waals surface area contributed by atoms with Crippen molar-refractivity contribution in [1.29, 1.82) is 0 Å². The van der Waals surface area contributed by atoms with Gasteiger partial charge in [-0.2, -0.15) is 0 Å². The van der Waals surface area contributed by atoms with E-state index in [1.807, 2.05) is 0 Å². The fraction of sp³-hybridized carbons (Fsp3) is 0.150. The number of halogens is 1. The summed E-state index contributed by atoms with van der Waals surface area (Å²) in [6, 6.07) is 9.57. The number of aromatic nitrogens is 2. The number of fused-ring (bicyclic) bond motifs is 1. The maximum absolute atomic E-state index is 13.6. The highest BCUT2D eigenvalue weighted by atomic mass is 32.1. The van der Waals surface area contributed by atoms with Crippen LogP contribution < -0.4 is 10.9 Å². The molecule has 1 aromatic heterocycles. The largest absolute Gasteiger partial charge is 0.348 e. The molecule has 0 fully saturated rings. The van der Waals surface area contributed by atoms with Crippen LogP contribution in [-0.4, -0.2) is 15.5 Å². The second kappa shape index (κ2) is 7.67. The van der Waals surface area contributed by atoms with Crippen LogP contribution in [0, 0.1) is 17.5 Å². The standard InChI is InChI=1S/C20H18FN3O2S/c1-3-8-24-19(26)15-7-6-14(10-17(15)23-20(24)27)18(25)22-11-13-5-4-12(2)16(21)9-13/h3-7,9-10H,1,8,11H2,2H3,(H,22,25)(H,23,27). The maximum atomic E-state index is 13.6. The Morgan fingerprint density at radius 2 is 2.11 bits per heavy atom. The van der Waals surface area contributed by atoms with Gasteiger partial charge in [0.1, 0.15) is 5.82 Å². The number of nitrogens with zero attached hydrogens (tertiary/aromatic N) is 1. The fourth-order valence-corrected chi connectivity index (χ4v) is 2.99. The molecule has 1 amide bonds. The van der Waals surface area contributed by atoms with Gasteiger partial charge >= 0.3 is 0 Å². The zero-order valence-electron chi connectivity index (χ0n) is 14.7. The molecule has 3 rings (SSSR count). The molecule has 27 heavy (non-hydrogen) atoms. The zero-order chi connectivity index (χ0) is 19.6. The van der Waals surface area contributed by atoms with Gasteiger partial charge in [-0.1, -0.05) is 18.2 Å². The number of hydrogen-bond donors (Lipinski definition) is 2. The summed E-state index contributed by atoms with van der Waals surface area (Å²) < 4.78 is 15.3. The van der Waals surface area contributed by atoms with Crippen molar-refractivity contribution in [3.63, 3.8) is 0 Å². The lowest BCUT2D eigenvalue weighted by atomic mass is 10.1. The van der Waals surface area contributed by atoms with Crippen LogP contribution in [0.3, 0.4) is 0 Å². The molecule has 0 radical (unpaired) electrons. The number of allylic oxidation sites excluding steroid dienone is 1. The van der Waals surface area contributed by atoms with E-state index in [2.05, 4.69) is 16.9 Å². The lowest BCUT2D eigenvalue weighted by Crippen LogP contribution is -2.24. The first-order valence-electron chi connectivity index (χ1n) is 8.31. The Morgan fingerprint density at radius 1 is 1.33 bits per heavy atom. The van der Waals surface area contributed by atoms with Crippen LogP contribution in [0.4, 0.5) is 4.39 Å². The number of amides is 1. The average molecular weight is 383 g/mol. The summed E-state index contributed by atoms with van der Waals surface area (Å²) in [7, 11) is 0. The molecule has 0 aliphatic heterocycles. The predicted octanol–water partition coefficient (Wildman–Crippen LogP) is 3.62. The van der Waals surface area contributed by atoms with Crippen molar-refractivity contribution in [2.24, 2.45) is 0 Å². The third-order valence-corrected chi connectivity index (χ3v) is 4.57. The van der Waals surface area contributed by atoms with E-state index < -0.39 is 0 Å². The second-order valence-corrected chi connectivity index (χ2v) is 6.55. The topological polar surface area (TPSA) is 66.9 Å². The Hall–Kier alpha value is -3.06. The number of rotatable bonds is 5. The first kappa shape index (κ1) is 18.7. The van der Waals surface area contributed by atoms with E-state index in [9.17, 15) is 14.0 Å². The quantitative estimate of drug-likeness (QED) is 0.522. The van der Waals surface area contributed by atoms with Crippen molar-refractivity contribution in [1.82, 2.24) is 14.9 Å². The maximum Gasteiger partial charge on any atom is 0.262 e. The van der Waals surface area contributed by atoms with Crippen molar-refractivity contribution in [2.45, 2.75) is 20.0 Å². The van der Waals surface area contributed by atoms with Gasteiger partial charge in [0, 0.05) is 18.7 Å². The SMILES string of the molecule is C=CCn1c(=S)[nH]c2cc(C(=O)NCc3ccc(C)c(F)c3)ccc2c1=O. The molecule has 0 atom stereocenters. The Bertz CT molecular complexity index is 1160. The Kier molecular flexibility index (Phi) is 5.32. The van der Waals surface area contributed by atoms with Crippen LogP contribution in [0.5, 0.6) is 0 Å². The molecular formula is C20H18FN3O2S. The van der Waals surface area contributed by atoms with Crippen LogP contribution >= 0.6 is 12.2 Å². The Labute approximate surface area is 160 Å². The Morgan fingerprint density at radius 3 is 2.81 bits per heavy atom. The molecule has 0 saturated carbocycles. The number of hydrogen-bond acceptors (Lipinski definition) is 3. The van der Waals surface area contributed by atoms with Crippen LogP contribution in [0.15, 0.2) is 53.8 Å². The van der Waals surface area contributed by atoms with E-state index in [0.717, 1.165) is 0 Å². The average Bonchev–Trinajstić information content (AvgIpc) is 2.65. The summed E-state index contributed by atoms with van der Waals surface area (Å²) in [6.45, 7) is 5.80. The van der Waals surface area contributed by atoms with Gasteiger partial charge in [0.2, 0.25) is 0 Å². The highest BCUT2D eigenvalue weighted by Crippen LogP contribution is 2.12. The number of aryl methyl sites for hydroxylation is 1. The second-order valence-electron chi connectivity index (χ2n) is 6.16. The normalized spacial score (nSPS) is 10.7. The van der Waals surface area contributed by atoms with E-state index in [1.54, 1.807) is 43.3 Å². The van der Waals surface area contributed by atoms with E-state index in [-0.39, 0.29) is 28.6 Å². The molecule has 2 N–H and O–H groups in total. The first-order valence-corrected chi connectivity index (χ1v) is 8.72. The van der Waals surface area contributed by atoms with Gasteiger partial charge in [-0.15, -0.1) is 6.58 Å². The monoisotopic (exact) mass is 383 g/mol. The van der Waals surface area contributed by atoms with Gasteiger partial charge < -0.3 is 10.3 Å². The van der Waals surface area contributed by atoms with Crippen molar-refractivity contribution in [2.75, 3.05) is 0 Å². The van der Waals surface area contributed by atoms with Gasteiger partial charge in [-0.05, 0) is 54.5 Å². The first-order chi connectivity index (χ1) is 12.9. The fourth-order valence-electron chi connectivity index (χ4n) is 2.72. The molecular weight excluding hydrogens is 365 g/mol. The van der Waals surface area contributed by atoms with E-state index >= 15 is 0 Å². The summed E-state index contributed by atoms with van der Waals surface area (Å²) in [4.78, 5) is 27.9. The Balaban J connectivity index is 1.86. The molecule has 0 aliphatic carbocycles. The van der Waals surface area contributed by atoms with Crippen LogP contribution in [0.2, 0.25) is 0 Å². The predicted molar refractivity (Wildman–Crippen MR) is 106 cm³/mol. The molecule has 7 heteroatoms. The van der Waals surface area contributed by atoms with E-state index in [0.29, 0.717) is 34.1 Å². The zero-order valence-corrected chi connectivity index (χ0v) is 15.5. The van der Waals surface area contributed by atoms with Gasteiger partial charge in [0.05, 0.1) is 10.9 Å². The number of aromatic amines is 1. The summed E-state index contributed by atoms with van der Waals surface area (Å²) in [5, 5.41) is 3.18. The smallest absolute Gasteiger partial charge is 0.262 e. The van der Waals surface area contributed by atoms with Crippen LogP contribution in [-0.2, 0) is 13.1 Å². The number of carbonyl (C=O) groups excluding carboxylic acids is 1. The number of nitrogens with one attached hydrogen (secondary N) is 2. The molecule has 138 valence electrons. The molecule has 5 nitrogen and oxygen atoms in total. The van der Waals surface area contributed by atoms with Crippen LogP contribution in [0.25, 0.3) is 10.9 Å². The summed E-state index contributed by atoms with van der Waals surface area (Å²) in [6.07, 6.45) is 1.59. The minimum absolute atomic E-state index is 0.199. The molecule has 0 spiro atoms. The minimum atomic E-state index is -0.326. The van der Waals surface area contributed by atoms with Crippen molar-refractivity contribution in [3.05, 3.63) is 86.7 Å². The number of H-pyrrole nitrogens is 1. The molecule has 0 bridgehead atoms. The lowest BCUT2D eigenvalue weighted by Gasteiger charge is -2.09. The minimum Gasteiger partial charge on any atom is -0.348 e. The van der Waals surface area contributed by atoms with Gasteiger partial charge in [0.25, 0.3) is 11.5 Å². The third kappa shape index (κ3) is 3.88. The number of benzene rings is 2. The van der Waals surface area contributed by atoms with Gasteiger partial charge in [0.15, 0.2) is 4.77 Å². The molecule has 2 aromatic carbocycles. The van der Waals surface area contributed by atoms with Crippen molar-refractivity contribution >= 4 is 29.0 Å². The molecule has 3 aromatic rings. The third-order valence-electron chi connectivity index (χ3n) is 4.25. The molecule has 0 unspecified atom stereocenters. The summed E-state index contributed by atoms with van der Waals surface area (Å²) in [5.41, 5.74) is 1.84. The van der Waals surface area contributed by atoms with Gasteiger partial charge in [-0.3, -0.25) is 14.2 Å². The van der Waals surface area contributed by atoms with E-state index in [1.165, 1.54) is 10.6 Å². The summed E-state index contributed by atoms with van der Waals surface area (Å²) in [5.74, 6) is -0.636. The molecule has 0 aliphatic rings. The van der Waals surface area contributed by atoms with E-state index in [4.69, 9.17) is 12.2 Å². The summed E-state index contributed by atoms with van der Waals surface area (Å²) >= 11 is 5.20. The number of carbonyl (C=O) groups is 1. The highest BCUT2D eigenvalue weighted by molar-refractivity contribution is 7.71. The molecule has 1 heterocycles. The van der Waals surface area contributed by atoms with Crippen LogP contribution in [0.1, 0.15) is 21.5 Å². The van der Waals surface area contributed by atoms with Crippen molar-refractivity contribution < 1.29 is 9.18 Å². The molecule has 0 saturated heterocycles. The van der Waals surface area contributed by atoms with Crippen molar-refractivity contribution in [3.8, 4) is 0 Å².